The predicted octanol–water partition coefficient (Wildman–Crippen LogP) is 2.75. The van der Waals surface area contributed by atoms with E-state index in [2.05, 4.69) is 18.0 Å². The topological polar surface area (TPSA) is 16.1 Å². The van der Waals surface area contributed by atoms with Crippen LogP contribution in [0.5, 0.6) is 0 Å². The summed E-state index contributed by atoms with van der Waals surface area (Å²) in [6.45, 7) is 2.16. The third-order valence-corrected chi connectivity index (χ3v) is 2.03. The second-order valence-electron chi connectivity index (χ2n) is 3.30. The third kappa shape index (κ3) is 2.88. The van der Waals surface area contributed by atoms with Crippen molar-refractivity contribution in [1.82, 2.24) is 4.98 Å². The van der Waals surface area contributed by atoms with Crippen LogP contribution in [0.4, 0.5) is 5.82 Å². The van der Waals surface area contributed by atoms with E-state index >= 15 is 0 Å². The molecule has 0 saturated carbocycles. The average molecular weight is 199 g/mol. The number of hydrogen-bond donors (Lipinski definition) is 0. The Morgan fingerprint density at radius 2 is 2.08 bits per heavy atom. The molecule has 0 fully saturated rings. The van der Waals surface area contributed by atoms with Crippen LogP contribution in [-0.4, -0.2) is 19.1 Å². The largest absolute Gasteiger partial charge is 0.363 e. The predicted molar refractivity (Wildman–Crippen MR) is 57.6 cm³/mol. The van der Waals surface area contributed by atoms with E-state index in [1.165, 1.54) is 5.56 Å². The van der Waals surface area contributed by atoms with E-state index in [4.69, 9.17) is 11.6 Å². The fraction of sp³-hybridized carbons (Fsp3) is 0.500. The van der Waals surface area contributed by atoms with Crippen LogP contribution in [0.2, 0.25) is 5.15 Å². The molecule has 0 spiro atoms. The molecule has 0 aromatic carbocycles. The zero-order valence-electron chi connectivity index (χ0n) is 8.34. The van der Waals surface area contributed by atoms with Gasteiger partial charge in [0.1, 0.15) is 11.0 Å². The first kappa shape index (κ1) is 10.3. The Morgan fingerprint density at radius 1 is 1.38 bits per heavy atom. The van der Waals surface area contributed by atoms with E-state index in [0.717, 1.165) is 18.7 Å². The summed E-state index contributed by atoms with van der Waals surface area (Å²) < 4.78 is 0. The molecular weight excluding hydrogens is 184 g/mol. The van der Waals surface area contributed by atoms with Gasteiger partial charge in [0.25, 0.3) is 0 Å². The second-order valence-corrected chi connectivity index (χ2v) is 3.69. The molecule has 0 aliphatic heterocycles. The fourth-order valence-electron chi connectivity index (χ4n) is 1.20. The lowest BCUT2D eigenvalue weighted by Gasteiger charge is -2.12. The Bertz CT molecular complexity index is 284. The molecule has 2 nitrogen and oxygen atoms in total. The number of halogens is 1. The molecule has 0 unspecified atom stereocenters. The lowest BCUT2D eigenvalue weighted by atomic mass is 10.1. The SMILES string of the molecule is CCCc1cc(Cl)nc(N(C)C)c1. The molecule has 0 bridgehead atoms. The first-order chi connectivity index (χ1) is 6.13. The van der Waals surface area contributed by atoms with Gasteiger partial charge in [-0.25, -0.2) is 4.98 Å². The minimum Gasteiger partial charge on any atom is -0.363 e. The van der Waals surface area contributed by atoms with Crippen molar-refractivity contribution in [3.8, 4) is 0 Å². The number of aryl methyl sites for hydroxylation is 1. The van der Waals surface area contributed by atoms with Crippen LogP contribution in [0.3, 0.4) is 0 Å². The summed E-state index contributed by atoms with van der Waals surface area (Å²) in [5, 5.41) is 0.578. The monoisotopic (exact) mass is 198 g/mol. The first-order valence-electron chi connectivity index (χ1n) is 4.47. The molecule has 3 heteroatoms. The van der Waals surface area contributed by atoms with Crippen molar-refractivity contribution in [2.45, 2.75) is 19.8 Å². The maximum atomic E-state index is 5.89. The minimum absolute atomic E-state index is 0.578. The van der Waals surface area contributed by atoms with Gasteiger partial charge in [0, 0.05) is 14.1 Å². The van der Waals surface area contributed by atoms with Crippen LogP contribution >= 0.6 is 11.6 Å². The zero-order valence-corrected chi connectivity index (χ0v) is 9.10. The molecule has 0 atom stereocenters. The molecule has 13 heavy (non-hydrogen) atoms. The quantitative estimate of drug-likeness (QED) is 0.695. The molecule has 0 radical (unpaired) electrons. The number of nitrogens with zero attached hydrogens (tertiary/aromatic N) is 2. The van der Waals surface area contributed by atoms with E-state index in [1.807, 2.05) is 25.1 Å². The van der Waals surface area contributed by atoms with Crippen molar-refractivity contribution >= 4 is 17.4 Å². The van der Waals surface area contributed by atoms with Crippen molar-refractivity contribution in [3.63, 3.8) is 0 Å². The molecule has 1 heterocycles. The van der Waals surface area contributed by atoms with Gasteiger partial charge in [-0.2, -0.15) is 0 Å². The maximum Gasteiger partial charge on any atom is 0.131 e. The minimum atomic E-state index is 0.578. The smallest absolute Gasteiger partial charge is 0.131 e. The lowest BCUT2D eigenvalue weighted by molar-refractivity contribution is 0.914. The molecule has 1 aromatic rings. The molecule has 0 N–H and O–H groups in total. The van der Waals surface area contributed by atoms with Gasteiger partial charge in [-0.1, -0.05) is 24.9 Å². The van der Waals surface area contributed by atoms with Gasteiger partial charge in [0.15, 0.2) is 0 Å². The highest BCUT2D eigenvalue weighted by Crippen LogP contribution is 2.17. The van der Waals surface area contributed by atoms with Crippen LogP contribution in [0.15, 0.2) is 12.1 Å². The van der Waals surface area contributed by atoms with E-state index in [-0.39, 0.29) is 0 Å². The van der Waals surface area contributed by atoms with Crippen LogP contribution < -0.4 is 4.90 Å². The van der Waals surface area contributed by atoms with Crippen molar-refractivity contribution in [2.24, 2.45) is 0 Å². The van der Waals surface area contributed by atoms with Gasteiger partial charge < -0.3 is 4.90 Å². The van der Waals surface area contributed by atoms with Crippen LogP contribution in [0, 0.1) is 0 Å². The van der Waals surface area contributed by atoms with E-state index in [9.17, 15) is 0 Å². The number of anilines is 1. The summed E-state index contributed by atoms with van der Waals surface area (Å²) in [6, 6.07) is 4.01. The molecule has 0 aliphatic rings. The normalized spacial score (nSPS) is 10.2. The summed E-state index contributed by atoms with van der Waals surface area (Å²) in [4.78, 5) is 6.17. The van der Waals surface area contributed by atoms with Crippen LogP contribution in [0.25, 0.3) is 0 Å². The Morgan fingerprint density at radius 3 is 2.62 bits per heavy atom. The Hall–Kier alpha value is -0.760. The highest BCUT2D eigenvalue weighted by Gasteiger charge is 2.01. The van der Waals surface area contributed by atoms with Gasteiger partial charge >= 0.3 is 0 Å². The summed E-state index contributed by atoms with van der Waals surface area (Å²) in [6.07, 6.45) is 2.19. The third-order valence-electron chi connectivity index (χ3n) is 1.84. The Labute approximate surface area is 84.5 Å². The van der Waals surface area contributed by atoms with Crippen LogP contribution in [-0.2, 0) is 6.42 Å². The van der Waals surface area contributed by atoms with E-state index < -0.39 is 0 Å². The molecular formula is C10H15ClN2. The summed E-state index contributed by atoms with van der Waals surface area (Å²) in [5.74, 6) is 0.927. The first-order valence-corrected chi connectivity index (χ1v) is 4.85. The van der Waals surface area contributed by atoms with Gasteiger partial charge in [-0.15, -0.1) is 0 Å². The summed E-state index contributed by atoms with van der Waals surface area (Å²) in [5.41, 5.74) is 1.26. The second kappa shape index (κ2) is 4.47. The zero-order chi connectivity index (χ0) is 9.84. The number of aromatic nitrogens is 1. The van der Waals surface area contributed by atoms with Crippen molar-refractivity contribution < 1.29 is 0 Å². The Kier molecular flexibility index (Phi) is 3.55. The molecule has 0 saturated heterocycles. The van der Waals surface area contributed by atoms with Crippen LogP contribution in [0.1, 0.15) is 18.9 Å². The fourth-order valence-corrected chi connectivity index (χ4v) is 1.42. The highest BCUT2D eigenvalue weighted by molar-refractivity contribution is 6.29. The lowest BCUT2D eigenvalue weighted by Crippen LogP contribution is -2.11. The number of pyridine rings is 1. The standard InChI is InChI=1S/C10H15ClN2/c1-4-5-8-6-9(11)12-10(7-8)13(2)3/h6-7H,4-5H2,1-3H3. The van der Waals surface area contributed by atoms with Crippen molar-refractivity contribution in [2.75, 3.05) is 19.0 Å². The van der Waals surface area contributed by atoms with E-state index in [1.54, 1.807) is 0 Å². The van der Waals surface area contributed by atoms with Gasteiger partial charge in [-0.05, 0) is 24.1 Å². The summed E-state index contributed by atoms with van der Waals surface area (Å²) in [7, 11) is 3.93. The Balaban J connectivity index is 2.96. The highest BCUT2D eigenvalue weighted by atomic mass is 35.5. The molecule has 72 valence electrons. The molecule has 1 aromatic heterocycles. The molecule has 0 aliphatic carbocycles. The molecule has 1 rings (SSSR count). The number of rotatable bonds is 3. The maximum absolute atomic E-state index is 5.89. The average Bonchev–Trinajstić information content (AvgIpc) is 2.03. The molecule has 0 amide bonds. The summed E-state index contributed by atoms with van der Waals surface area (Å²) >= 11 is 5.89. The van der Waals surface area contributed by atoms with Crippen molar-refractivity contribution in [1.29, 1.82) is 0 Å². The van der Waals surface area contributed by atoms with Crippen molar-refractivity contribution in [3.05, 3.63) is 22.8 Å². The van der Waals surface area contributed by atoms with Gasteiger partial charge in [0.2, 0.25) is 0 Å². The van der Waals surface area contributed by atoms with Gasteiger partial charge in [0.05, 0.1) is 0 Å². The number of hydrogen-bond acceptors (Lipinski definition) is 2. The van der Waals surface area contributed by atoms with E-state index in [0.29, 0.717) is 5.15 Å². The van der Waals surface area contributed by atoms with Gasteiger partial charge in [-0.3, -0.25) is 0 Å².